The lowest BCUT2D eigenvalue weighted by Crippen LogP contribution is -2.34. The molecule has 0 heterocycles. The summed E-state index contributed by atoms with van der Waals surface area (Å²) in [5, 5.41) is 9.78. The molecule has 1 amide bonds. The van der Waals surface area contributed by atoms with Gasteiger partial charge in [-0.3, -0.25) is 4.79 Å². The third-order valence-corrected chi connectivity index (χ3v) is 2.64. The minimum atomic E-state index is -0.284. The summed E-state index contributed by atoms with van der Waals surface area (Å²) in [6.45, 7) is 4.86. The highest BCUT2D eigenvalue weighted by atomic mass is 16.5. The molecule has 1 aromatic rings. The van der Waals surface area contributed by atoms with Gasteiger partial charge in [-0.15, -0.1) is 6.58 Å². The van der Waals surface area contributed by atoms with Crippen molar-refractivity contribution in [2.24, 2.45) is 0 Å². The zero-order valence-corrected chi connectivity index (χ0v) is 11.3. The lowest BCUT2D eigenvalue weighted by Gasteiger charge is -2.21. The van der Waals surface area contributed by atoms with Crippen LogP contribution in [0, 0.1) is 0 Å². The summed E-state index contributed by atoms with van der Waals surface area (Å²) in [7, 11) is 3.08. The molecule has 0 saturated carbocycles. The number of amides is 1. The first-order valence-electron chi connectivity index (χ1n) is 5.90. The van der Waals surface area contributed by atoms with E-state index in [2.05, 4.69) is 6.58 Å². The number of carbonyl (C=O) groups excluding carboxylic acids is 1. The maximum atomic E-state index is 12.3. The van der Waals surface area contributed by atoms with Gasteiger partial charge in [0, 0.05) is 20.2 Å². The summed E-state index contributed by atoms with van der Waals surface area (Å²) in [6.07, 6.45) is 1.63. The lowest BCUT2D eigenvalue weighted by atomic mass is 10.1. The van der Waals surface area contributed by atoms with E-state index in [4.69, 9.17) is 9.47 Å². The van der Waals surface area contributed by atoms with Crippen molar-refractivity contribution in [2.75, 3.05) is 33.9 Å². The first kappa shape index (κ1) is 15.0. The van der Waals surface area contributed by atoms with E-state index in [0.717, 1.165) is 0 Å². The molecule has 5 heteroatoms. The molecule has 0 spiro atoms. The van der Waals surface area contributed by atoms with Gasteiger partial charge in [0.15, 0.2) is 0 Å². The van der Waals surface area contributed by atoms with Crippen LogP contribution in [0.3, 0.4) is 0 Å². The quantitative estimate of drug-likeness (QED) is 0.762. The van der Waals surface area contributed by atoms with Crippen LogP contribution in [-0.4, -0.2) is 49.8 Å². The van der Waals surface area contributed by atoms with Gasteiger partial charge in [0.1, 0.15) is 11.5 Å². The molecule has 0 unspecified atom stereocenters. The summed E-state index contributed by atoms with van der Waals surface area (Å²) in [5.74, 6) is 0.164. The minimum Gasteiger partial charge on any atom is -0.507 e. The zero-order chi connectivity index (χ0) is 14.3. The second kappa shape index (κ2) is 7.43. The monoisotopic (exact) mass is 265 g/mol. The summed E-state index contributed by atoms with van der Waals surface area (Å²) in [6, 6.07) is 4.55. The molecule has 19 heavy (non-hydrogen) atoms. The Bertz CT molecular complexity index is 445. The maximum Gasteiger partial charge on any atom is 0.258 e. The highest BCUT2D eigenvalue weighted by Crippen LogP contribution is 2.24. The van der Waals surface area contributed by atoms with Crippen LogP contribution >= 0.6 is 0 Å². The van der Waals surface area contributed by atoms with E-state index in [9.17, 15) is 9.90 Å². The van der Waals surface area contributed by atoms with Gasteiger partial charge in [-0.25, -0.2) is 0 Å². The number of carbonyl (C=O) groups is 1. The average Bonchev–Trinajstić information content (AvgIpc) is 2.43. The Morgan fingerprint density at radius 2 is 2.21 bits per heavy atom. The summed E-state index contributed by atoms with van der Waals surface area (Å²) in [5.41, 5.74) is 0.206. The molecule has 104 valence electrons. The normalized spacial score (nSPS) is 10.0. The van der Waals surface area contributed by atoms with Gasteiger partial charge in [0.25, 0.3) is 5.91 Å². The third kappa shape index (κ3) is 3.99. The molecule has 1 N–H and O–H groups in total. The molecular weight excluding hydrogens is 246 g/mol. The van der Waals surface area contributed by atoms with E-state index < -0.39 is 0 Å². The van der Waals surface area contributed by atoms with Crippen LogP contribution in [0.25, 0.3) is 0 Å². The molecule has 0 aliphatic heterocycles. The molecule has 0 saturated heterocycles. The van der Waals surface area contributed by atoms with Crippen molar-refractivity contribution in [2.45, 2.75) is 0 Å². The molecule has 0 aliphatic carbocycles. The highest BCUT2D eigenvalue weighted by Gasteiger charge is 2.18. The smallest absolute Gasteiger partial charge is 0.258 e. The number of phenolic OH excluding ortho intramolecular Hbond substituents is 1. The first-order valence-corrected chi connectivity index (χ1v) is 5.90. The van der Waals surface area contributed by atoms with Gasteiger partial charge in [0.2, 0.25) is 0 Å². The SMILES string of the molecule is C=CCN(CCOC)C(=O)c1cc(OC)ccc1O. The molecule has 0 fully saturated rings. The number of nitrogens with zero attached hydrogens (tertiary/aromatic N) is 1. The number of hydrogen-bond acceptors (Lipinski definition) is 4. The Balaban J connectivity index is 2.97. The van der Waals surface area contributed by atoms with Crippen molar-refractivity contribution in [1.82, 2.24) is 4.90 Å². The van der Waals surface area contributed by atoms with Crippen molar-refractivity contribution >= 4 is 5.91 Å². The maximum absolute atomic E-state index is 12.3. The average molecular weight is 265 g/mol. The Kier molecular flexibility index (Phi) is 5.89. The predicted octanol–water partition coefficient (Wildman–Crippen LogP) is 1.68. The van der Waals surface area contributed by atoms with E-state index in [0.29, 0.717) is 25.4 Å². The van der Waals surface area contributed by atoms with Gasteiger partial charge >= 0.3 is 0 Å². The van der Waals surface area contributed by atoms with Gasteiger partial charge in [-0.1, -0.05) is 6.08 Å². The fourth-order valence-electron chi connectivity index (χ4n) is 1.62. The molecule has 0 bridgehead atoms. The fraction of sp³-hybridized carbons (Fsp3) is 0.357. The Morgan fingerprint density at radius 1 is 1.47 bits per heavy atom. The number of hydrogen-bond donors (Lipinski definition) is 1. The second-order valence-electron chi connectivity index (χ2n) is 3.92. The highest BCUT2D eigenvalue weighted by molar-refractivity contribution is 5.97. The van der Waals surface area contributed by atoms with E-state index in [-0.39, 0.29) is 17.2 Å². The number of benzene rings is 1. The third-order valence-electron chi connectivity index (χ3n) is 2.64. The molecule has 1 rings (SSSR count). The van der Waals surface area contributed by atoms with Gasteiger partial charge in [-0.2, -0.15) is 0 Å². The van der Waals surface area contributed by atoms with Crippen LogP contribution in [0.1, 0.15) is 10.4 Å². The number of rotatable bonds is 7. The van der Waals surface area contributed by atoms with E-state index >= 15 is 0 Å². The largest absolute Gasteiger partial charge is 0.507 e. The van der Waals surface area contributed by atoms with Crippen LogP contribution in [0.15, 0.2) is 30.9 Å². The minimum absolute atomic E-state index is 0.0720. The summed E-state index contributed by atoms with van der Waals surface area (Å²) in [4.78, 5) is 13.9. The Morgan fingerprint density at radius 3 is 2.79 bits per heavy atom. The Labute approximate surface area is 113 Å². The van der Waals surface area contributed by atoms with Crippen LogP contribution in [0.4, 0.5) is 0 Å². The molecule has 0 aromatic heterocycles. The number of phenols is 1. The zero-order valence-electron chi connectivity index (χ0n) is 11.3. The number of ether oxygens (including phenoxy) is 2. The van der Waals surface area contributed by atoms with Gasteiger partial charge < -0.3 is 19.5 Å². The van der Waals surface area contributed by atoms with Crippen LogP contribution in [0.2, 0.25) is 0 Å². The fourth-order valence-corrected chi connectivity index (χ4v) is 1.62. The van der Waals surface area contributed by atoms with E-state index in [1.807, 2.05) is 0 Å². The second-order valence-corrected chi connectivity index (χ2v) is 3.92. The summed E-state index contributed by atoms with van der Waals surface area (Å²) < 4.78 is 10.0. The molecule has 5 nitrogen and oxygen atoms in total. The van der Waals surface area contributed by atoms with Crippen LogP contribution < -0.4 is 4.74 Å². The summed E-state index contributed by atoms with van der Waals surface area (Å²) >= 11 is 0. The van der Waals surface area contributed by atoms with Gasteiger partial charge in [-0.05, 0) is 18.2 Å². The topological polar surface area (TPSA) is 59.0 Å². The first-order chi connectivity index (χ1) is 9.13. The molecule has 1 aromatic carbocycles. The van der Waals surface area contributed by atoms with Crippen molar-refractivity contribution in [3.8, 4) is 11.5 Å². The predicted molar refractivity (Wildman–Crippen MR) is 72.6 cm³/mol. The number of aromatic hydroxyl groups is 1. The number of methoxy groups -OCH3 is 2. The standard InChI is InChI=1S/C14H19NO4/c1-4-7-15(8-9-18-2)14(17)12-10-11(19-3)5-6-13(12)16/h4-6,10,16H,1,7-9H2,2-3H3. The van der Waals surface area contributed by atoms with E-state index in [1.54, 1.807) is 24.2 Å². The van der Waals surface area contributed by atoms with Crippen LogP contribution in [0.5, 0.6) is 11.5 Å². The van der Waals surface area contributed by atoms with Gasteiger partial charge in [0.05, 0.1) is 19.3 Å². The van der Waals surface area contributed by atoms with Crippen LogP contribution in [-0.2, 0) is 4.74 Å². The molecule has 0 atom stereocenters. The van der Waals surface area contributed by atoms with Crippen molar-refractivity contribution in [1.29, 1.82) is 0 Å². The van der Waals surface area contributed by atoms with Crippen molar-refractivity contribution in [3.63, 3.8) is 0 Å². The Hall–Kier alpha value is -2.01. The van der Waals surface area contributed by atoms with Crippen molar-refractivity contribution < 1.29 is 19.4 Å². The molecular formula is C14H19NO4. The van der Waals surface area contributed by atoms with Crippen molar-refractivity contribution in [3.05, 3.63) is 36.4 Å². The van der Waals surface area contributed by atoms with E-state index in [1.165, 1.54) is 19.2 Å². The molecule has 0 aliphatic rings. The lowest BCUT2D eigenvalue weighted by molar-refractivity contribution is 0.0715. The molecule has 0 radical (unpaired) electrons.